The van der Waals surface area contributed by atoms with Gasteiger partial charge < -0.3 is 19.7 Å². The lowest BCUT2D eigenvalue weighted by Crippen LogP contribution is -2.46. The summed E-state index contributed by atoms with van der Waals surface area (Å²) in [5, 5.41) is 17.8. The SMILES string of the molecule is COc1ccc(-c2cnn(C3CCN(C(C)(C)C)CC3)c2)c2[nH]c(NC(=O)N3CCC(C)(O)CC3)nc12. The van der Waals surface area contributed by atoms with Crippen molar-refractivity contribution in [3.63, 3.8) is 0 Å². The standard InChI is InChI=1S/C27H39N7O3/c1-26(2,3)33-12-8-19(9-13-33)34-17-18(16-28-34)20-6-7-21(37-5)23-22(20)29-24(30-23)31-25(35)32-14-10-27(4,36)11-15-32/h6-7,16-17,19,36H,8-15H2,1-5H3,(H2,29,30,31,35). The maximum absolute atomic E-state index is 12.9. The summed E-state index contributed by atoms with van der Waals surface area (Å²) in [6.45, 7) is 11.8. The van der Waals surface area contributed by atoms with Gasteiger partial charge in [-0.1, -0.05) is 0 Å². The molecule has 0 bridgehead atoms. The molecule has 2 fully saturated rings. The average Bonchev–Trinajstić information content (AvgIpc) is 3.50. The zero-order valence-corrected chi connectivity index (χ0v) is 22.5. The average molecular weight is 510 g/mol. The normalized spacial score (nSPS) is 19.4. The summed E-state index contributed by atoms with van der Waals surface area (Å²) in [7, 11) is 1.61. The predicted molar refractivity (Wildman–Crippen MR) is 144 cm³/mol. The largest absolute Gasteiger partial charge is 0.494 e. The Hall–Kier alpha value is -3.11. The van der Waals surface area contributed by atoms with Crippen molar-refractivity contribution in [1.82, 2.24) is 29.5 Å². The van der Waals surface area contributed by atoms with E-state index in [1.807, 2.05) is 25.3 Å². The van der Waals surface area contributed by atoms with E-state index < -0.39 is 5.60 Å². The number of nitrogens with zero attached hydrogens (tertiary/aromatic N) is 5. The number of ether oxygens (including phenoxy) is 1. The molecule has 3 aromatic rings. The highest BCUT2D eigenvalue weighted by molar-refractivity contribution is 5.98. The molecule has 0 unspecified atom stereocenters. The van der Waals surface area contributed by atoms with Crippen LogP contribution in [0.3, 0.4) is 0 Å². The highest BCUT2D eigenvalue weighted by atomic mass is 16.5. The number of anilines is 1. The van der Waals surface area contributed by atoms with Gasteiger partial charge in [0.2, 0.25) is 5.95 Å². The highest BCUT2D eigenvalue weighted by Gasteiger charge is 2.30. The third-order valence-corrected chi connectivity index (χ3v) is 7.88. The van der Waals surface area contributed by atoms with Crippen LogP contribution < -0.4 is 10.1 Å². The molecule has 2 aliphatic heterocycles. The van der Waals surface area contributed by atoms with E-state index in [0.29, 0.717) is 49.2 Å². The fourth-order valence-corrected chi connectivity index (χ4v) is 5.38. The van der Waals surface area contributed by atoms with E-state index in [9.17, 15) is 9.90 Å². The third-order valence-electron chi connectivity index (χ3n) is 7.88. The molecule has 5 rings (SSSR count). The summed E-state index contributed by atoms with van der Waals surface area (Å²) in [6, 6.07) is 4.05. The van der Waals surface area contributed by atoms with E-state index in [1.165, 1.54) is 0 Å². The lowest BCUT2D eigenvalue weighted by molar-refractivity contribution is 0.00569. The minimum Gasteiger partial charge on any atom is -0.494 e. The number of benzene rings is 1. The first-order valence-corrected chi connectivity index (χ1v) is 13.2. The van der Waals surface area contributed by atoms with Gasteiger partial charge in [0, 0.05) is 49.0 Å². The molecule has 1 aromatic carbocycles. The zero-order valence-electron chi connectivity index (χ0n) is 22.5. The van der Waals surface area contributed by atoms with Crippen LogP contribution in [0.5, 0.6) is 5.75 Å². The first-order chi connectivity index (χ1) is 17.5. The zero-order chi connectivity index (χ0) is 26.4. The Morgan fingerprint density at radius 2 is 1.89 bits per heavy atom. The van der Waals surface area contributed by atoms with Crippen LogP contribution >= 0.6 is 0 Å². The second-order valence-corrected chi connectivity index (χ2v) is 11.6. The number of hydrogen-bond donors (Lipinski definition) is 3. The topological polar surface area (TPSA) is 112 Å². The van der Waals surface area contributed by atoms with Gasteiger partial charge in [0.1, 0.15) is 11.3 Å². The molecule has 2 amide bonds. The summed E-state index contributed by atoms with van der Waals surface area (Å²) in [5.41, 5.74) is 2.87. The number of aromatic amines is 1. The van der Waals surface area contributed by atoms with Crippen molar-refractivity contribution in [2.75, 3.05) is 38.6 Å². The highest BCUT2D eigenvalue weighted by Crippen LogP contribution is 2.35. The van der Waals surface area contributed by atoms with E-state index >= 15 is 0 Å². The van der Waals surface area contributed by atoms with E-state index in [1.54, 1.807) is 12.0 Å². The number of aromatic nitrogens is 4. The van der Waals surface area contributed by atoms with Gasteiger partial charge in [-0.15, -0.1) is 0 Å². The van der Waals surface area contributed by atoms with Crippen LogP contribution in [-0.2, 0) is 0 Å². The maximum atomic E-state index is 12.9. The lowest BCUT2D eigenvalue weighted by Gasteiger charge is -2.40. The third kappa shape index (κ3) is 5.31. The van der Waals surface area contributed by atoms with Gasteiger partial charge in [-0.3, -0.25) is 14.9 Å². The first-order valence-electron chi connectivity index (χ1n) is 13.2. The lowest BCUT2D eigenvalue weighted by atomic mass is 9.94. The van der Waals surface area contributed by atoms with Crippen LogP contribution in [0.4, 0.5) is 10.7 Å². The predicted octanol–water partition coefficient (Wildman–Crippen LogP) is 4.25. The first kappa shape index (κ1) is 25.5. The number of rotatable bonds is 4. The number of piperidine rings is 2. The number of urea groups is 1. The van der Waals surface area contributed by atoms with E-state index in [0.717, 1.165) is 42.6 Å². The Morgan fingerprint density at radius 1 is 1.19 bits per heavy atom. The molecule has 2 aromatic heterocycles. The minimum absolute atomic E-state index is 0.191. The molecule has 10 nitrogen and oxygen atoms in total. The number of imidazole rings is 1. The fraction of sp³-hybridized carbons (Fsp3) is 0.593. The van der Waals surface area contributed by atoms with Crippen molar-refractivity contribution in [3.05, 3.63) is 24.5 Å². The fourth-order valence-electron chi connectivity index (χ4n) is 5.38. The van der Waals surface area contributed by atoms with Crippen molar-refractivity contribution < 1.29 is 14.6 Å². The minimum atomic E-state index is -0.716. The van der Waals surface area contributed by atoms with Gasteiger partial charge in [0.15, 0.2) is 0 Å². The number of nitrogens with one attached hydrogen (secondary N) is 2. The van der Waals surface area contributed by atoms with E-state index in [-0.39, 0.29) is 11.6 Å². The molecule has 0 spiro atoms. The second kappa shape index (κ2) is 9.64. The molecular weight excluding hydrogens is 470 g/mol. The number of carbonyl (C=O) groups excluding carboxylic acids is 1. The molecule has 200 valence electrons. The number of fused-ring (bicyclic) bond motifs is 1. The van der Waals surface area contributed by atoms with Crippen molar-refractivity contribution in [3.8, 4) is 16.9 Å². The van der Waals surface area contributed by atoms with Crippen LogP contribution in [0.25, 0.3) is 22.2 Å². The summed E-state index contributed by atoms with van der Waals surface area (Å²) in [4.78, 5) is 25.0. The van der Waals surface area contributed by atoms with Crippen LogP contribution in [0.15, 0.2) is 24.5 Å². The van der Waals surface area contributed by atoms with Crippen LogP contribution in [0, 0.1) is 0 Å². The molecule has 0 aliphatic carbocycles. The molecule has 0 radical (unpaired) electrons. The van der Waals surface area contributed by atoms with Crippen LogP contribution in [0.1, 0.15) is 59.4 Å². The number of aliphatic hydroxyl groups is 1. The van der Waals surface area contributed by atoms with Crippen LogP contribution in [-0.4, -0.2) is 85.1 Å². The Kier molecular flexibility index (Phi) is 6.66. The van der Waals surface area contributed by atoms with Gasteiger partial charge in [-0.2, -0.15) is 5.10 Å². The number of likely N-dealkylation sites (tertiary alicyclic amines) is 2. The monoisotopic (exact) mass is 509 g/mol. The molecule has 10 heteroatoms. The van der Waals surface area contributed by atoms with Crippen LogP contribution in [0.2, 0.25) is 0 Å². The molecule has 2 aliphatic rings. The summed E-state index contributed by atoms with van der Waals surface area (Å²) in [6.07, 6.45) is 7.26. The number of H-pyrrole nitrogens is 1. The van der Waals surface area contributed by atoms with Crippen molar-refractivity contribution in [1.29, 1.82) is 0 Å². The summed E-state index contributed by atoms with van der Waals surface area (Å²) >= 11 is 0. The Balaban J connectivity index is 1.35. The molecule has 0 atom stereocenters. The smallest absolute Gasteiger partial charge is 0.324 e. The second-order valence-electron chi connectivity index (χ2n) is 11.6. The van der Waals surface area contributed by atoms with Gasteiger partial charge in [-0.05, 0) is 65.5 Å². The molecule has 37 heavy (non-hydrogen) atoms. The molecule has 3 N–H and O–H groups in total. The van der Waals surface area contributed by atoms with Crippen molar-refractivity contribution in [2.24, 2.45) is 0 Å². The number of hydrogen-bond acceptors (Lipinski definition) is 6. The Bertz CT molecular complexity index is 1250. The molecule has 0 saturated carbocycles. The number of carbonyl (C=O) groups is 1. The maximum Gasteiger partial charge on any atom is 0.324 e. The summed E-state index contributed by atoms with van der Waals surface area (Å²) in [5.74, 6) is 0.997. The van der Waals surface area contributed by atoms with Gasteiger partial charge in [0.25, 0.3) is 0 Å². The van der Waals surface area contributed by atoms with E-state index in [2.05, 4.69) is 51.8 Å². The molecule has 4 heterocycles. The molecule has 2 saturated heterocycles. The number of methoxy groups -OCH3 is 1. The Morgan fingerprint density at radius 3 is 2.54 bits per heavy atom. The van der Waals surface area contributed by atoms with E-state index in [4.69, 9.17) is 9.84 Å². The quantitative estimate of drug-likeness (QED) is 0.485. The number of amides is 2. The van der Waals surface area contributed by atoms with Crippen molar-refractivity contribution >= 4 is 23.0 Å². The van der Waals surface area contributed by atoms with Gasteiger partial charge in [0.05, 0.1) is 30.5 Å². The Labute approximate surface area is 218 Å². The molecular formula is C27H39N7O3. The summed E-state index contributed by atoms with van der Waals surface area (Å²) < 4.78 is 7.65. The van der Waals surface area contributed by atoms with Gasteiger partial charge in [-0.25, -0.2) is 9.78 Å². The van der Waals surface area contributed by atoms with Crippen molar-refractivity contribution in [2.45, 2.75) is 70.6 Å². The van der Waals surface area contributed by atoms with Gasteiger partial charge >= 0.3 is 6.03 Å².